The third-order valence-corrected chi connectivity index (χ3v) is 5.20. The van der Waals surface area contributed by atoms with Gasteiger partial charge in [-0.15, -0.1) is 0 Å². The van der Waals surface area contributed by atoms with E-state index in [0.717, 1.165) is 26.2 Å². The van der Waals surface area contributed by atoms with Crippen molar-refractivity contribution in [3.8, 4) is 11.5 Å². The van der Waals surface area contributed by atoms with E-state index in [9.17, 15) is 9.59 Å². The number of methoxy groups -OCH3 is 2. The van der Waals surface area contributed by atoms with Crippen LogP contribution in [0.3, 0.4) is 0 Å². The number of hydrogen-bond donors (Lipinski definition) is 1. The highest BCUT2D eigenvalue weighted by Crippen LogP contribution is 2.38. The van der Waals surface area contributed by atoms with Gasteiger partial charge in [-0.25, -0.2) is 4.99 Å². The second-order valence-corrected chi connectivity index (χ2v) is 7.01. The number of guanidine groups is 1. The summed E-state index contributed by atoms with van der Waals surface area (Å²) in [6.45, 7) is 5.11. The summed E-state index contributed by atoms with van der Waals surface area (Å²) >= 11 is 0. The largest absolute Gasteiger partial charge is 0.497 e. The molecule has 1 amide bonds. The Morgan fingerprint density at radius 2 is 1.93 bits per heavy atom. The molecular weight excluding hydrogens is 376 g/mol. The van der Waals surface area contributed by atoms with Crippen LogP contribution in [0, 0.1) is 5.92 Å². The average Bonchev–Trinajstić information content (AvgIpc) is 2.73. The number of amides is 1. The number of ether oxygens (including phenoxy) is 3. The van der Waals surface area contributed by atoms with E-state index in [-0.39, 0.29) is 6.61 Å². The molecule has 3 rings (SSSR count). The SMILES string of the molecule is CCOC(=O)[C@@H]1C(=O)NC(N2CCN(C)CC2)=N[C@H]1c1ccc(OC)cc1OC. The Bertz CT molecular complexity index is 789. The molecule has 9 heteroatoms. The molecule has 29 heavy (non-hydrogen) atoms. The quantitative estimate of drug-likeness (QED) is 0.569. The fraction of sp³-hybridized carbons (Fsp3) is 0.550. The molecule has 1 saturated heterocycles. The molecule has 0 unspecified atom stereocenters. The van der Waals surface area contributed by atoms with Gasteiger partial charge < -0.3 is 24.0 Å². The van der Waals surface area contributed by atoms with Gasteiger partial charge in [0.05, 0.1) is 20.8 Å². The van der Waals surface area contributed by atoms with Crippen molar-refractivity contribution in [1.29, 1.82) is 0 Å². The summed E-state index contributed by atoms with van der Waals surface area (Å²) in [6.07, 6.45) is 0. The van der Waals surface area contributed by atoms with Crippen molar-refractivity contribution in [3.05, 3.63) is 23.8 Å². The summed E-state index contributed by atoms with van der Waals surface area (Å²) in [6, 6.07) is 4.50. The van der Waals surface area contributed by atoms with Crippen molar-refractivity contribution in [2.75, 3.05) is 54.1 Å². The predicted molar refractivity (Wildman–Crippen MR) is 107 cm³/mol. The van der Waals surface area contributed by atoms with Gasteiger partial charge in [0, 0.05) is 37.8 Å². The van der Waals surface area contributed by atoms with Gasteiger partial charge >= 0.3 is 5.97 Å². The van der Waals surface area contributed by atoms with Gasteiger partial charge in [-0.3, -0.25) is 14.9 Å². The first-order valence-corrected chi connectivity index (χ1v) is 9.69. The number of carbonyl (C=O) groups excluding carboxylic acids is 2. The highest BCUT2D eigenvalue weighted by atomic mass is 16.5. The predicted octanol–water partition coefficient (Wildman–Crippen LogP) is 0.657. The second kappa shape index (κ2) is 9.13. The highest BCUT2D eigenvalue weighted by molar-refractivity contribution is 6.08. The maximum Gasteiger partial charge on any atom is 0.321 e. The Morgan fingerprint density at radius 3 is 2.55 bits per heavy atom. The van der Waals surface area contributed by atoms with Crippen LogP contribution in [0.25, 0.3) is 0 Å². The van der Waals surface area contributed by atoms with Gasteiger partial charge in [0.25, 0.3) is 0 Å². The standard InChI is InChI=1S/C20H28N4O5/c1-5-29-19(26)16-17(14-7-6-13(27-3)12-15(14)28-4)21-20(22-18(16)25)24-10-8-23(2)9-11-24/h6-7,12,16-17H,5,8-11H2,1-4H3,(H,21,22,25)/t16-,17-/m0/s1. The minimum absolute atomic E-state index is 0.185. The van der Waals surface area contributed by atoms with Crippen molar-refractivity contribution in [3.63, 3.8) is 0 Å². The van der Waals surface area contributed by atoms with Crippen molar-refractivity contribution in [2.45, 2.75) is 13.0 Å². The van der Waals surface area contributed by atoms with E-state index in [2.05, 4.69) is 17.3 Å². The summed E-state index contributed by atoms with van der Waals surface area (Å²) in [5.74, 6) is -0.522. The van der Waals surface area contributed by atoms with Gasteiger partial charge in [0.15, 0.2) is 5.92 Å². The second-order valence-electron chi connectivity index (χ2n) is 7.01. The number of nitrogens with zero attached hydrogens (tertiary/aromatic N) is 3. The number of esters is 1. The van der Waals surface area contributed by atoms with Crippen molar-refractivity contribution >= 4 is 17.8 Å². The molecule has 0 bridgehead atoms. The van der Waals surface area contributed by atoms with Crippen LogP contribution in [0.5, 0.6) is 11.5 Å². The molecule has 2 aliphatic rings. The van der Waals surface area contributed by atoms with Crippen LogP contribution in [-0.4, -0.2) is 81.7 Å². The smallest absolute Gasteiger partial charge is 0.321 e. The average molecular weight is 404 g/mol. The summed E-state index contributed by atoms with van der Waals surface area (Å²) < 4.78 is 15.9. The lowest BCUT2D eigenvalue weighted by Gasteiger charge is -2.37. The van der Waals surface area contributed by atoms with Crippen molar-refractivity contribution in [1.82, 2.24) is 15.1 Å². The fourth-order valence-electron chi connectivity index (χ4n) is 3.53. The maximum atomic E-state index is 12.9. The van der Waals surface area contributed by atoms with Crippen molar-refractivity contribution < 1.29 is 23.8 Å². The molecule has 9 nitrogen and oxygen atoms in total. The number of nitrogens with one attached hydrogen (secondary N) is 1. The zero-order valence-corrected chi connectivity index (χ0v) is 17.3. The molecule has 0 saturated carbocycles. The molecule has 0 aromatic heterocycles. The Labute approximate surface area is 170 Å². The Balaban J connectivity index is 2.02. The number of piperazine rings is 1. The molecule has 0 spiro atoms. The third kappa shape index (κ3) is 4.45. The molecule has 0 aliphatic carbocycles. The van der Waals surface area contributed by atoms with Crippen molar-refractivity contribution in [2.24, 2.45) is 10.9 Å². The van der Waals surface area contributed by atoms with Crippen LogP contribution in [0.4, 0.5) is 0 Å². The number of rotatable bonds is 5. The lowest BCUT2D eigenvalue weighted by molar-refractivity contribution is -0.153. The summed E-state index contributed by atoms with van der Waals surface area (Å²) in [5.41, 5.74) is 0.632. The molecule has 0 radical (unpaired) electrons. The van der Waals surface area contributed by atoms with E-state index in [0.29, 0.717) is 23.0 Å². The molecule has 1 N–H and O–H groups in total. The van der Waals surface area contributed by atoms with Crippen LogP contribution in [0.1, 0.15) is 18.5 Å². The molecule has 2 heterocycles. The van der Waals surface area contributed by atoms with Gasteiger partial charge in [-0.05, 0) is 26.1 Å². The zero-order valence-electron chi connectivity index (χ0n) is 17.3. The van der Waals surface area contributed by atoms with E-state index < -0.39 is 23.8 Å². The lowest BCUT2D eigenvalue weighted by Crippen LogP contribution is -2.56. The Hall–Kier alpha value is -2.81. The van der Waals surface area contributed by atoms with Crippen LogP contribution in [0.15, 0.2) is 23.2 Å². The van der Waals surface area contributed by atoms with E-state index in [4.69, 9.17) is 19.2 Å². The van der Waals surface area contributed by atoms with E-state index >= 15 is 0 Å². The molecule has 2 aliphatic heterocycles. The van der Waals surface area contributed by atoms with Gasteiger partial charge in [-0.1, -0.05) is 0 Å². The number of aliphatic imine (C=N–C) groups is 1. The van der Waals surface area contributed by atoms with Crippen LogP contribution in [-0.2, 0) is 14.3 Å². The number of benzene rings is 1. The first-order chi connectivity index (χ1) is 14.0. The summed E-state index contributed by atoms with van der Waals surface area (Å²) in [4.78, 5) is 34.6. The van der Waals surface area contributed by atoms with E-state index in [1.165, 1.54) is 7.11 Å². The Kier molecular flexibility index (Phi) is 6.58. The van der Waals surface area contributed by atoms with Crippen LogP contribution < -0.4 is 14.8 Å². The molecule has 158 valence electrons. The number of carbonyl (C=O) groups is 2. The normalized spacial score (nSPS) is 22.6. The van der Waals surface area contributed by atoms with Crippen LogP contribution in [0.2, 0.25) is 0 Å². The molecule has 1 aromatic carbocycles. The zero-order chi connectivity index (χ0) is 21.0. The lowest BCUT2D eigenvalue weighted by atomic mass is 9.90. The first-order valence-electron chi connectivity index (χ1n) is 9.69. The third-order valence-electron chi connectivity index (χ3n) is 5.20. The van der Waals surface area contributed by atoms with Gasteiger partial charge in [-0.2, -0.15) is 0 Å². The van der Waals surface area contributed by atoms with Gasteiger partial charge in [0.1, 0.15) is 17.5 Å². The van der Waals surface area contributed by atoms with E-state index in [1.807, 2.05) is 4.90 Å². The summed E-state index contributed by atoms with van der Waals surface area (Å²) in [7, 11) is 5.15. The fourth-order valence-corrected chi connectivity index (χ4v) is 3.53. The molecule has 1 aromatic rings. The van der Waals surface area contributed by atoms with E-state index in [1.54, 1.807) is 32.2 Å². The summed E-state index contributed by atoms with van der Waals surface area (Å²) in [5, 5.41) is 2.80. The van der Waals surface area contributed by atoms with Crippen LogP contribution >= 0.6 is 0 Å². The minimum atomic E-state index is -1.09. The number of likely N-dealkylation sites (N-methyl/N-ethyl adjacent to an activating group) is 1. The topological polar surface area (TPSA) is 92.7 Å². The van der Waals surface area contributed by atoms with Gasteiger partial charge in [0.2, 0.25) is 11.9 Å². The molecule has 2 atom stereocenters. The first kappa shape index (κ1) is 20.9. The highest BCUT2D eigenvalue weighted by Gasteiger charge is 2.43. The monoisotopic (exact) mass is 404 g/mol. The molecule has 1 fully saturated rings. The minimum Gasteiger partial charge on any atom is -0.497 e. The molecular formula is C20H28N4O5. The Morgan fingerprint density at radius 1 is 1.21 bits per heavy atom. The maximum absolute atomic E-state index is 12.9. The number of hydrogen-bond acceptors (Lipinski definition) is 8.